The van der Waals surface area contributed by atoms with Crippen molar-refractivity contribution in [3.63, 3.8) is 0 Å². The minimum atomic E-state index is -0.495. The Labute approximate surface area is 90.9 Å². The number of hydrogen-bond acceptors (Lipinski definition) is 3. The van der Waals surface area contributed by atoms with Gasteiger partial charge in [-0.1, -0.05) is 26.2 Å². The Hall–Kier alpha value is -0.640. The minimum absolute atomic E-state index is 0.0774. The molecule has 0 N–H and O–H groups in total. The van der Waals surface area contributed by atoms with Gasteiger partial charge in [-0.05, 0) is 6.42 Å². The number of hydrogen-bond donors (Lipinski definition) is 0. The second kappa shape index (κ2) is 11.4. The summed E-state index contributed by atoms with van der Waals surface area (Å²) in [6, 6.07) is 0. The highest BCUT2D eigenvalue weighted by Crippen LogP contribution is 2.03. The first-order chi connectivity index (χ1) is 7.31. The SMILES string of the molecule is CCCCCCC(=O)OCCOCCF. The second-order valence-corrected chi connectivity index (χ2v) is 3.33. The first-order valence-electron chi connectivity index (χ1n) is 5.60. The van der Waals surface area contributed by atoms with Gasteiger partial charge < -0.3 is 9.47 Å². The fraction of sp³-hybridized carbons (Fsp3) is 0.909. The number of alkyl halides is 1. The normalized spacial score (nSPS) is 10.3. The number of carbonyl (C=O) groups excluding carboxylic acids is 1. The summed E-state index contributed by atoms with van der Waals surface area (Å²) in [5.74, 6) is -0.185. The number of ether oxygens (including phenoxy) is 2. The van der Waals surface area contributed by atoms with Crippen LogP contribution < -0.4 is 0 Å². The largest absolute Gasteiger partial charge is 0.463 e. The molecule has 0 aliphatic heterocycles. The summed E-state index contributed by atoms with van der Waals surface area (Å²) in [4.78, 5) is 11.1. The molecular weight excluding hydrogens is 199 g/mol. The third kappa shape index (κ3) is 11.3. The van der Waals surface area contributed by atoms with Gasteiger partial charge in [-0.3, -0.25) is 4.79 Å². The van der Waals surface area contributed by atoms with Crippen LogP contribution in [0.2, 0.25) is 0 Å². The highest BCUT2D eigenvalue weighted by molar-refractivity contribution is 5.69. The quantitative estimate of drug-likeness (QED) is 0.419. The molecule has 3 nitrogen and oxygen atoms in total. The molecule has 0 aromatic carbocycles. The Kier molecular flexibility index (Phi) is 10.9. The van der Waals surface area contributed by atoms with Crippen LogP contribution in [-0.2, 0) is 14.3 Å². The molecule has 0 aliphatic carbocycles. The lowest BCUT2D eigenvalue weighted by Gasteiger charge is -2.04. The van der Waals surface area contributed by atoms with E-state index in [1.165, 1.54) is 0 Å². The van der Waals surface area contributed by atoms with Crippen molar-refractivity contribution in [1.82, 2.24) is 0 Å². The molecule has 0 aromatic rings. The summed E-state index contributed by atoms with van der Waals surface area (Å²) < 4.78 is 21.3. The van der Waals surface area contributed by atoms with E-state index in [1.54, 1.807) is 0 Å². The second-order valence-electron chi connectivity index (χ2n) is 3.33. The van der Waals surface area contributed by atoms with E-state index in [0.29, 0.717) is 6.42 Å². The van der Waals surface area contributed by atoms with E-state index in [9.17, 15) is 9.18 Å². The zero-order valence-electron chi connectivity index (χ0n) is 9.47. The van der Waals surface area contributed by atoms with Gasteiger partial charge in [0, 0.05) is 6.42 Å². The van der Waals surface area contributed by atoms with Crippen LogP contribution in [-0.4, -0.2) is 32.5 Å². The van der Waals surface area contributed by atoms with Crippen molar-refractivity contribution in [3.8, 4) is 0 Å². The summed E-state index contributed by atoms with van der Waals surface area (Å²) >= 11 is 0. The lowest BCUT2D eigenvalue weighted by Crippen LogP contribution is -2.11. The standard InChI is InChI=1S/C11H21FO3/c1-2-3-4-5-6-11(13)15-10-9-14-8-7-12/h2-10H2,1H3. The molecule has 4 heteroatoms. The smallest absolute Gasteiger partial charge is 0.305 e. The fourth-order valence-corrected chi connectivity index (χ4v) is 1.14. The number of rotatable bonds is 10. The van der Waals surface area contributed by atoms with Crippen molar-refractivity contribution >= 4 is 5.97 Å². The summed E-state index contributed by atoms with van der Waals surface area (Å²) in [5, 5.41) is 0. The van der Waals surface area contributed by atoms with Crippen molar-refractivity contribution < 1.29 is 18.7 Å². The molecule has 0 bridgehead atoms. The summed E-state index contributed by atoms with van der Waals surface area (Å²) in [5.41, 5.74) is 0. The van der Waals surface area contributed by atoms with Crippen LogP contribution in [0.5, 0.6) is 0 Å². The van der Waals surface area contributed by atoms with Crippen LogP contribution >= 0.6 is 0 Å². The maximum Gasteiger partial charge on any atom is 0.305 e. The molecular formula is C11H21FO3. The molecule has 0 heterocycles. The lowest BCUT2D eigenvalue weighted by molar-refractivity contribution is -0.145. The molecule has 90 valence electrons. The highest BCUT2D eigenvalue weighted by Gasteiger charge is 2.01. The van der Waals surface area contributed by atoms with Crippen LogP contribution in [0.25, 0.3) is 0 Å². The van der Waals surface area contributed by atoms with Crippen molar-refractivity contribution in [2.45, 2.75) is 39.0 Å². The molecule has 0 saturated carbocycles. The maximum absolute atomic E-state index is 11.6. The van der Waals surface area contributed by atoms with Gasteiger partial charge in [-0.25, -0.2) is 4.39 Å². The average Bonchev–Trinajstić information content (AvgIpc) is 2.24. The van der Waals surface area contributed by atoms with Crippen LogP contribution in [0.15, 0.2) is 0 Å². The van der Waals surface area contributed by atoms with Gasteiger partial charge in [0.05, 0.1) is 13.2 Å². The Morgan fingerprint density at radius 3 is 2.60 bits per heavy atom. The number of halogens is 1. The molecule has 0 unspecified atom stereocenters. The molecule has 0 aromatic heterocycles. The Morgan fingerprint density at radius 2 is 1.93 bits per heavy atom. The van der Waals surface area contributed by atoms with Crippen LogP contribution in [0.1, 0.15) is 39.0 Å². The van der Waals surface area contributed by atoms with Gasteiger partial charge in [0.1, 0.15) is 13.3 Å². The van der Waals surface area contributed by atoms with Gasteiger partial charge in [0.15, 0.2) is 0 Å². The van der Waals surface area contributed by atoms with Crippen molar-refractivity contribution in [1.29, 1.82) is 0 Å². The molecule has 0 atom stereocenters. The third-order valence-electron chi connectivity index (χ3n) is 1.95. The lowest BCUT2D eigenvalue weighted by atomic mass is 10.2. The van der Waals surface area contributed by atoms with Crippen molar-refractivity contribution in [2.24, 2.45) is 0 Å². The van der Waals surface area contributed by atoms with Crippen molar-refractivity contribution in [3.05, 3.63) is 0 Å². The summed E-state index contributed by atoms with van der Waals surface area (Å²) in [7, 11) is 0. The molecule has 15 heavy (non-hydrogen) atoms. The molecule has 0 rings (SSSR count). The Balaban J connectivity index is 3.11. The number of esters is 1. The van der Waals surface area contributed by atoms with E-state index in [4.69, 9.17) is 9.47 Å². The predicted molar refractivity (Wildman–Crippen MR) is 56.5 cm³/mol. The van der Waals surface area contributed by atoms with Gasteiger partial charge in [0.2, 0.25) is 0 Å². The van der Waals surface area contributed by atoms with E-state index >= 15 is 0 Å². The maximum atomic E-state index is 11.6. The summed E-state index contributed by atoms with van der Waals surface area (Å²) in [6.45, 7) is 2.22. The predicted octanol–water partition coefficient (Wildman–Crippen LogP) is 2.49. The van der Waals surface area contributed by atoms with E-state index in [-0.39, 0.29) is 25.8 Å². The van der Waals surface area contributed by atoms with E-state index in [2.05, 4.69) is 6.92 Å². The highest BCUT2D eigenvalue weighted by atomic mass is 19.1. The summed E-state index contributed by atoms with van der Waals surface area (Å²) in [6.07, 6.45) is 4.75. The van der Waals surface area contributed by atoms with Crippen LogP contribution in [0.3, 0.4) is 0 Å². The fourth-order valence-electron chi connectivity index (χ4n) is 1.14. The van der Waals surface area contributed by atoms with E-state index in [0.717, 1.165) is 25.7 Å². The average molecular weight is 220 g/mol. The van der Waals surface area contributed by atoms with Crippen LogP contribution in [0, 0.1) is 0 Å². The zero-order valence-corrected chi connectivity index (χ0v) is 9.47. The first-order valence-corrected chi connectivity index (χ1v) is 5.60. The monoisotopic (exact) mass is 220 g/mol. The Morgan fingerprint density at radius 1 is 1.13 bits per heavy atom. The molecule has 0 aliphatic rings. The molecule has 0 spiro atoms. The number of unbranched alkanes of at least 4 members (excludes halogenated alkanes) is 3. The molecule has 0 fully saturated rings. The third-order valence-corrected chi connectivity index (χ3v) is 1.95. The Bertz CT molecular complexity index is 151. The molecule has 0 saturated heterocycles. The van der Waals surface area contributed by atoms with Gasteiger partial charge in [-0.15, -0.1) is 0 Å². The first kappa shape index (κ1) is 14.4. The van der Waals surface area contributed by atoms with Gasteiger partial charge in [-0.2, -0.15) is 0 Å². The topological polar surface area (TPSA) is 35.5 Å². The molecule has 0 radical (unpaired) electrons. The van der Waals surface area contributed by atoms with Gasteiger partial charge in [0.25, 0.3) is 0 Å². The number of carbonyl (C=O) groups is 1. The van der Waals surface area contributed by atoms with Crippen LogP contribution in [0.4, 0.5) is 4.39 Å². The minimum Gasteiger partial charge on any atom is -0.463 e. The van der Waals surface area contributed by atoms with E-state index in [1.807, 2.05) is 0 Å². The molecule has 0 amide bonds. The zero-order chi connectivity index (χ0) is 11.4. The van der Waals surface area contributed by atoms with E-state index < -0.39 is 6.67 Å². The van der Waals surface area contributed by atoms with Gasteiger partial charge >= 0.3 is 5.97 Å². The van der Waals surface area contributed by atoms with Crippen molar-refractivity contribution in [2.75, 3.05) is 26.5 Å².